The van der Waals surface area contributed by atoms with Gasteiger partial charge in [-0.15, -0.1) is 0 Å². The lowest BCUT2D eigenvalue weighted by Crippen LogP contribution is -2.41. The highest BCUT2D eigenvalue weighted by Crippen LogP contribution is 2.05. The molecule has 0 bridgehead atoms. The molecule has 0 aliphatic heterocycles. The van der Waals surface area contributed by atoms with Gasteiger partial charge in [0.2, 0.25) is 0 Å². The van der Waals surface area contributed by atoms with E-state index in [-0.39, 0.29) is 5.97 Å². The highest BCUT2D eigenvalue weighted by atomic mass is 16.5. The molecule has 0 rings (SSSR count). The second-order valence-corrected chi connectivity index (χ2v) is 5.36. The number of quaternary nitrogens is 1. The third kappa shape index (κ3) is 8.93. The van der Waals surface area contributed by atoms with Crippen LogP contribution in [0.1, 0.15) is 39.5 Å². The summed E-state index contributed by atoms with van der Waals surface area (Å²) in [5, 5.41) is 0. The number of rotatable bonds is 9. The van der Waals surface area contributed by atoms with E-state index in [1.165, 1.54) is 25.8 Å². The second kappa shape index (κ2) is 8.29. The predicted molar refractivity (Wildman–Crippen MR) is 71.8 cm³/mol. The first kappa shape index (κ1) is 16.2. The maximum atomic E-state index is 11.2. The Balaban J connectivity index is 3.64. The van der Waals surface area contributed by atoms with Crippen molar-refractivity contribution in [1.29, 1.82) is 0 Å². The monoisotopic (exact) mass is 242 g/mol. The molecule has 0 unspecified atom stereocenters. The van der Waals surface area contributed by atoms with Gasteiger partial charge in [0.05, 0.1) is 33.8 Å². The fourth-order valence-corrected chi connectivity index (χ4v) is 1.68. The van der Waals surface area contributed by atoms with Gasteiger partial charge in [-0.05, 0) is 19.8 Å². The zero-order valence-electron chi connectivity index (χ0n) is 11.9. The van der Waals surface area contributed by atoms with E-state index in [0.29, 0.717) is 12.2 Å². The molecule has 0 heterocycles. The van der Waals surface area contributed by atoms with Crippen molar-refractivity contribution in [3.8, 4) is 0 Å². The van der Waals surface area contributed by atoms with Crippen LogP contribution in [-0.4, -0.2) is 44.2 Å². The van der Waals surface area contributed by atoms with Gasteiger partial charge in [-0.25, -0.2) is 4.79 Å². The van der Waals surface area contributed by atoms with Gasteiger partial charge in [-0.1, -0.05) is 19.9 Å². The van der Waals surface area contributed by atoms with Crippen LogP contribution in [-0.2, 0) is 9.53 Å². The molecule has 0 N–H and O–H groups in total. The third-order valence-corrected chi connectivity index (χ3v) is 2.86. The number of hydrogen-bond donors (Lipinski definition) is 0. The lowest BCUT2D eigenvalue weighted by atomic mass is 10.2. The number of nitrogens with zero attached hydrogens (tertiary/aromatic N) is 1. The second-order valence-electron chi connectivity index (χ2n) is 5.36. The Morgan fingerprint density at radius 1 is 1.18 bits per heavy atom. The largest absolute Gasteiger partial charge is 0.462 e. The molecule has 0 aromatic carbocycles. The van der Waals surface area contributed by atoms with Crippen LogP contribution >= 0.6 is 0 Å². The number of unbranched alkanes of at least 4 members (excludes halogenated alkanes) is 2. The number of ether oxygens (including phenoxy) is 1. The molecular weight excluding hydrogens is 214 g/mol. The highest BCUT2D eigenvalue weighted by Gasteiger charge is 2.14. The van der Waals surface area contributed by atoms with Crippen molar-refractivity contribution in [2.45, 2.75) is 39.5 Å². The summed E-state index contributed by atoms with van der Waals surface area (Å²) >= 11 is 0. The SMILES string of the molecule is C=C(C)C(=O)OCCC[N+](C)(C)CCCCC. The summed E-state index contributed by atoms with van der Waals surface area (Å²) < 4.78 is 6.08. The summed E-state index contributed by atoms with van der Waals surface area (Å²) in [6.45, 7) is 10.2. The lowest BCUT2D eigenvalue weighted by molar-refractivity contribution is -0.890. The molecule has 0 aliphatic rings. The van der Waals surface area contributed by atoms with E-state index in [9.17, 15) is 4.79 Å². The van der Waals surface area contributed by atoms with E-state index in [2.05, 4.69) is 27.6 Å². The van der Waals surface area contributed by atoms with Crippen molar-refractivity contribution in [2.75, 3.05) is 33.8 Å². The van der Waals surface area contributed by atoms with E-state index < -0.39 is 0 Å². The molecule has 0 aromatic rings. The van der Waals surface area contributed by atoms with E-state index >= 15 is 0 Å². The zero-order chi connectivity index (χ0) is 13.3. The van der Waals surface area contributed by atoms with Crippen molar-refractivity contribution in [2.24, 2.45) is 0 Å². The van der Waals surface area contributed by atoms with Crippen molar-refractivity contribution >= 4 is 5.97 Å². The van der Waals surface area contributed by atoms with Gasteiger partial charge in [0, 0.05) is 12.0 Å². The fraction of sp³-hybridized carbons (Fsp3) is 0.786. The molecule has 100 valence electrons. The Hall–Kier alpha value is -0.830. The molecule has 3 nitrogen and oxygen atoms in total. The van der Waals surface area contributed by atoms with Crippen molar-refractivity contribution in [3.05, 3.63) is 12.2 Å². The number of esters is 1. The molecule has 0 aliphatic carbocycles. The highest BCUT2D eigenvalue weighted by molar-refractivity contribution is 5.86. The number of carbonyl (C=O) groups excluding carboxylic acids is 1. The molecule has 0 radical (unpaired) electrons. The maximum Gasteiger partial charge on any atom is 0.333 e. The Morgan fingerprint density at radius 2 is 1.76 bits per heavy atom. The van der Waals surface area contributed by atoms with E-state index in [1.807, 2.05) is 0 Å². The zero-order valence-corrected chi connectivity index (χ0v) is 11.9. The smallest absolute Gasteiger partial charge is 0.333 e. The third-order valence-electron chi connectivity index (χ3n) is 2.86. The van der Waals surface area contributed by atoms with Crippen LogP contribution in [0, 0.1) is 0 Å². The molecule has 0 aromatic heterocycles. The quantitative estimate of drug-likeness (QED) is 0.269. The molecule has 0 saturated heterocycles. The summed E-state index contributed by atoms with van der Waals surface area (Å²) in [4.78, 5) is 11.2. The van der Waals surface area contributed by atoms with Gasteiger partial charge in [-0.2, -0.15) is 0 Å². The minimum atomic E-state index is -0.277. The topological polar surface area (TPSA) is 26.3 Å². The minimum absolute atomic E-state index is 0.277. The lowest BCUT2D eigenvalue weighted by Gasteiger charge is -2.29. The van der Waals surface area contributed by atoms with Crippen molar-refractivity contribution in [1.82, 2.24) is 0 Å². The minimum Gasteiger partial charge on any atom is -0.462 e. The average molecular weight is 242 g/mol. The van der Waals surface area contributed by atoms with Crippen LogP contribution < -0.4 is 0 Å². The van der Waals surface area contributed by atoms with Crippen LogP contribution in [0.5, 0.6) is 0 Å². The fourth-order valence-electron chi connectivity index (χ4n) is 1.68. The molecular formula is C14H28NO2+. The average Bonchev–Trinajstić information content (AvgIpc) is 2.24. The Bertz CT molecular complexity index is 247. The Morgan fingerprint density at radius 3 is 2.29 bits per heavy atom. The predicted octanol–water partition coefficient (Wildman–Crippen LogP) is 2.76. The molecule has 0 atom stereocenters. The maximum absolute atomic E-state index is 11.2. The molecule has 0 fully saturated rings. The van der Waals surface area contributed by atoms with Crippen LogP contribution in [0.15, 0.2) is 12.2 Å². The van der Waals surface area contributed by atoms with Gasteiger partial charge in [0.15, 0.2) is 0 Å². The Kier molecular flexibility index (Phi) is 7.88. The van der Waals surface area contributed by atoms with Gasteiger partial charge < -0.3 is 9.22 Å². The van der Waals surface area contributed by atoms with E-state index in [4.69, 9.17) is 4.74 Å². The molecule has 0 amide bonds. The first-order chi connectivity index (χ1) is 7.89. The number of hydrogen-bond acceptors (Lipinski definition) is 2. The molecule has 0 spiro atoms. The standard InChI is InChI=1S/C14H28NO2/c1-6-7-8-10-15(4,5)11-9-12-17-14(16)13(2)3/h2,6-12H2,1,3-5H3/q+1. The van der Waals surface area contributed by atoms with Crippen molar-refractivity contribution in [3.63, 3.8) is 0 Å². The summed E-state index contributed by atoms with van der Waals surface area (Å²) in [5.74, 6) is -0.277. The van der Waals surface area contributed by atoms with Crippen LogP contribution in [0.25, 0.3) is 0 Å². The molecule has 0 saturated carbocycles. The van der Waals surface area contributed by atoms with Crippen LogP contribution in [0.2, 0.25) is 0 Å². The van der Waals surface area contributed by atoms with Crippen LogP contribution in [0.4, 0.5) is 0 Å². The van der Waals surface area contributed by atoms with E-state index in [1.54, 1.807) is 6.92 Å². The summed E-state index contributed by atoms with van der Waals surface area (Å²) in [7, 11) is 4.46. The van der Waals surface area contributed by atoms with Gasteiger partial charge in [-0.3, -0.25) is 0 Å². The first-order valence-electron chi connectivity index (χ1n) is 6.53. The molecule has 17 heavy (non-hydrogen) atoms. The Labute approximate surface area is 106 Å². The van der Waals surface area contributed by atoms with Gasteiger partial charge in [0.25, 0.3) is 0 Å². The van der Waals surface area contributed by atoms with Crippen molar-refractivity contribution < 1.29 is 14.0 Å². The van der Waals surface area contributed by atoms with Gasteiger partial charge in [0.1, 0.15) is 0 Å². The summed E-state index contributed by atoms with van der Waals surface area (Å²) in [5.41, 5.74) is 0.474. The van der Waals surface area contributed by atoms with Gasteiger partial charge >= 0.3 is 5.97 Å². The van der Waals surface area contributed by atoms with E-state index in [0.717, 1.165) is 17.4 Å². The first-order valence-corrected chi connectivity index (χ1v) is 6.53. The molecule has 3 heteroatoms. The van der Waals surface area contributed by atoms with Crippen LogP contribution in [0.3, 0.4) is 0 Å². The number of carbonyl (C=O) groups is 1. The summed E-state index contributed by atoms with van der Waals surface area (Å²) in [6, 6.07) is 0. The normalized spacial score (nSPS) is 11.3. The summed E-state index contributed by atoms with van der Waals surface area (Å²) in [6.07, 6.45) is 4.75.